The molecule has 0 aliphatic rings. The molecule has 0 atom stereocenters. The zero-order chi connectivity index (χ0) is 11.3. The van der Waals surface area contributed by atoms with Crippen LogP contribution >= 0.6 is 0 Å². The number of hydrogen-bond donors (Lipinski definition) is 0. The van der Waals surface area contributed by atoms with E-state index in [0.29, 0.717) is 11.1 Å². The molecule has 0 fully saturated rings. The minimum absolute atomic E-state index is 0.180. The van der Waals surface area contributed by atoms with Gasteiger partial charge >= 0.3 is 5.97 Å². The maximum Gasteiger partial charge on any atom is 0.309 e. The summed E-state index contributed by atoms with van der Waals surface area (Å²) in [6.07, 6.45) is 4.88. The molecule has 1 heterocycles. The van der Waals surface area contributed by atoms with Gasteiger partial charge in [-0.25, -0.2) is 4.98 Å². The third kappa shape index (κ3) is 3.16. The van der Waals surface area contributed by atoms with Crippen LogP contribution < -0.4 is 0 Å². The van der Waals surface area contributed by atoms with Gasteiger partial charge in [-0.3, -0.25) is 4.79 Å². The van der Waals surface area contributed by atoms with Gasteiger partial charge in [0.25, 0.3) is 0 Å². The maximum atomic E-state index is 13.0. The third-order valence-electron chi connectivity index (χ3n) is 1.99. The first-order chi connectivity index (χ1) is 7.15. The molecule has 1 rings (SSSR count). The van der Waals surface area contributed by atoms with Gasteiger partial charge in [-0.1, -0.05) is 12.2 Å². The number of esters is 1. The van der Waals surface area contributed by atoms with Gasteiger partial charge in [0.1, 0.15) is 0 Å². The van der Waals surface area contributed by atoms with Crippen molar-refractivity contribution in [2.45, 2.75) is 13.3 Å². The highest BCUT2D eigenvalue weighted by Gasteiger charge is 2.01. The lowest BCUT2D eigenvalue weighted by Gasteiger charge is -1.99. The van der Waals surface area contributed by atoms with E-state index in [1.54, 1.807) is 25.1 Å². The van der Waals surface area contributed by atoms with Gasteiger partial charge in [0, 0.05) is 11.8 Å². The lowest BCUT2D eigenvalue weighted by atomic mass is 10.1. The van der Waals surface area contributed by atoms with Crippen LogP contribution in [-0.2, 0) is 9.53 Å². The number of halogens is 1. The Balaban J connectivity index is 2.72. The van der Waals surface area contributed by atoms with Gasteiger partial charge in [-0.15, -0.1) is 0 Å². The van der Waals surface area contributed by atoms with E-state index in [1.165, 1.54) is 13.3 Å². The minimum Gasteiger partial charge on any atom is -0.469 e. The molecule has 0 aliphatic carbocycles. The monoisotopic (exact) mass is 209 g/mol. The van der Waals surface area contributed by atoms with Crippen molar-refractivity contribution in [1.29, 1.82) is 0 Å². The van der Waals surface area contributed by atoms with Crippen molar-refractivity contribution in [3.05, 3.63) is 35.4 Å². The van der Waals surface area contributed by atoms with Gasteiger partial charge in [0.05, 0.1) is 13.5 Å². The highest BCUT2D eigenvalue weighted by atomic mass is 19.1. The van der Waals surface area contributed by atoms with E-state index in [1.807, 2.05) is 0 Å². The highest BCUT2D eigenvalue weighted by molar-refractivity contribution is 5.72. The van der Waals surface area contributed by atoms with Crippen molar-refractivity contribution in [3.8, 4) is 0 Å². The van der Waals surface area contributed by atoms with Crippen LogP contribution in [0.3, 0.4) is 0 Å². The molecule has 80 valence electrons. The molecule has 0 N–H and O–H groups in total. The van der Waals surface area contributed by atoms with E-state index in [-0.39, 0.29) is 12.4 Å². The summed E-state index contributed by atoms with van der Waals surface area (Å²) >= 11 is 0. The molecule has 0 saturated heterocycles. The normalized spacial score (nSPS) is 10.6. The number of aromatic nitrogens is 1. The van der Waals surface area contributed by atoms with E-state index in [9.17, 15) is 9.18 Å². The molecule has 0 aliphatic heterocycles. The van der Waals surface area contributed by atoms with Crippen LogP contribution in [-0.4, -0.2) is 18.1 Å². The summed E-state index contributed by atoms with van der Waals surface area (Å²) in [5.74, 6) is -0.811. The zero-order valence-corrected chi connectivity index (χ0v) is 8.66. The lowest BCUT2D eigenvalue weighted by Crippen LogP contribution is -1.97. The third-order valence-corrected chi connectivity index (χ3v) is 1.99. The Morgan fingerprint density at radius 3 is 3.07 bits per heavy atom. The fourth-order valence-electron chi connectivity index (χ4n) is 1.07. The number of nitrogens with zero attached hydrogens (tertiary/aromatic N) is 1. The molecule has 0 aromatic carbocycles. The Morgan fingerprint density at radius 2 is 2.40 bits per heavy atom. The highest BCUT2D eigenvalue weighted by Crippen LogP contribution is 2.11. The van der Waals surface area contributed by atoms with Crippen LogP contribution in [0.15, 0.2) is 18.3 Å². The van der Waals surface area contributed by atoms with Crippen LogP contribution in [0.2, 0.25) is 0 Å². The fraction of sp³-hybridized carbons (Fsp3) is 0.273. The predicted octanol–water partition coefficient (Wildman–Crippen LogP) is 2.11. The number of pyridine rings is 1. The number of methoxy groups -OCH3 is 1. The average Bonchev–Trinajstić information content (AvgIpc) is 2.24. The molecular formula is C11H12FNO2. The van der Waals surface area contributed by atoms with E-state index in [2.05, 4.69) is 9.72 Å². The molecule has 0 bridgehead atoms. The first-order valence-electron chi connectivity index (χ1n) is 4.49. The number of ether oxygens (including phenoxy) is 1. The molecule has 3 nitrogen and oxygen atoms in total. The second kappa shape index (κ2) is 5.24. The second-order valence-corrected chi connectivity index (χ2v) is 3.00. The van der Waals surface area contributed by atoms with Gasteiger partial charge in [0.2, 0.25) is 5.95 Å². The Bertz CT molecular complexity index is 388. The van der Waals surface area contributed by atoms with Crippen molar-refractivity contribution in [2.24, 2.45) is 0 Å². The van der Waals surface area contributed by atoms with Crippen molar-refractivity contribution in [1.82, 2.24) is 4.98 Å². The number of rotatable bonds is 3. The molecule has 0 radical (unpaired) electrons. The van der Waals surface area contributed by atoms with Gasteiger partial charge in [-0.05, 0) is 18.6 Å². The quantitative estimate of drug-likeness (QED) is 0.565. The summed E-state index contributed by atoms with van der Waals surface area (Å²) in [5, 5.41) is 0. The molecule has 0 saturated carbocycles. The molecule has 1 aromatic heterocycles. The SMILES string of the molecule is COC(=O)CC=Cc1ccnc(F)c1C. The number of hydrogen-bond acceptors (Lipinski definition) is 3. The van der Waals surface area contributed by atoms with Gasteiger partial charge < -0.3 is 4.74 Å². The van der Waals surface area contributed by atoms with Crippen LogP contribution in [0.5, 0.6) is 0 Å². The summed E-state index contributed by atoms with van der Waals surface area (Å²) in [7, 11) is 1.33. The summed E-state index contributed by atoms with van der Waals surface area (Å²) in [5.41, 5.74) is 1.19. The summed E-state index contributed by atoms with van der Waals surface area (Å²) in [4.78, 5) is 14.3. The number of carbonyl (C=O) groups is 1. The maximum absolute atomic E-state index is 13.0. The van der Waals surface area contributed by atoms with Crippen molar-refractivity contribution >= 4 is 12.0 Å². The van der Waals surface area contributed by atoms with E-state index < -0.39 is 5.95 Å². The van der Waals surface area contributed by atoms with Crippen molar-refractivity contribution in [2.75, 3.05) is 7.11 Å². The first kappa shape index (κ1) is 11.4. The topological polar surface area (TPSA) is 39.2 Å². The smallest absolute Gasteiger partial charge is 0.309 e. The summed E-state index contributed by atoms with van der Waals surface area (Å²) < 4.78 is 17.5. The average molecular weight is 209 g/mol. The summed E-state index contributed by atoms with van der Waals surface area (Å²) in [6, 6.07) is 1.69. The Hall–Kier alpha value is -1.71. The molecule has 15 heavy (non-hydrogen) atoms. The molecule has 0 amide bonds. The predicted molar refractivity (Wildman–Crippen MR) is 54.6 cm³/mol. The number of carbonyl (C=O) groups excluding carboxylic acids is 1. The largest absolute Gasteiger partial charge is 0.469 e. The minimum atomic E-state index is -0.491. The standard InChI is InChI=1S/C11H12FNO2/c1-8-9(6-7-13-11(8)12)4-3-5-10(14)15-2/h3-4,6-7H,5H2,1-2H3. The van der Waals surface area contributed by atoms with Crippen molar-refractivity contribution < 1.29 is 13.9 Å². The first-order valence-corrected chi connectivity index (χ1v) is 4.49. The summed E-state index contributed by atoms with van der Waals surface area (Å²) in [6.45, 7) is 1.64. The van der Waals surface area contributed by atoms with E-state index >= 15 is 0 Å². The van der Waals surface area contributed by atoms with E-state index in [0.717, 1.165) is 0 Å². The Labute approximate surface area is 87.6 Å². The van der Waals surface area contributed by atoms with E-state index in [4.69, 9.17) is 0 Å². The van der Waals surface area contributed by atoms with Crippen LogP contribution in [0.25, 0.3) is 6.08 Å². The Kier molecular flexibility index (Phi) is 3.97. The second-order valence-electron chi connectivity index (χ2n) is 3.00. The molecular weight excluding hydrogens is 197 g/mol. The molecule has 4 heteroatoms. The van der Waals surface area contributed by atoms with Gasteiger partial charge in [-0.2, -0.15) is 4.39 Å². The molecule has 1 aromatic rings. The zero-order valence-electron chi connectivity index (χ0n) is 8.66. The lowest BCUT2D eigenvalue weighted by molar-refractivity contribution is -0.139. The molecule has 0 spiro atoms. The Morgan fingerprint density at radius 1 is 1.67 bits per heavy atom. The van der Waals surface area contributed by atoms with Crippen LogP contribution in [0, 0.1) is 12.9 Å². The van der Waals surface area contributed by atoms with Crippen LogP contribution in [0.1, 0.15) is 17.5 Å². The molecule has 0 unspecified atom stereocenters. The van der Waals surface area contributed by atoms with Crippen molar-refractivity contribution in [3.63, 3.8) is 0 Å². The van der Waals surface area contributed by atoms with Gasteiger partial charge in [0.15, 0.2) is 0 Å². The van der Waals surface area contributed by atoms with Crippen LogP contribution in [0.4, 0.5) is 4.39 Å². The fourth-order valence-corrected chi connectivity index (χ4v) is 1.07.